The van der Waals surface area contributed by atoms with Crippen LogP contribution in [0.3, 0.4) is 0 Å². The molecular weight excluding hydrogens is 486 g/mol. The number of carbonyl (C=O) groups excluding carboxylic acids is 2. The topological polar surface area (TPSA) is 89.6 Å². The highest BCUT2D eigenvalue weighted by molar-refractivity contribution is 6.10. The van der Waals surface area contributed by atoms with Crippen LogP contribution in [0.1, 0.15) is 91.9 Å². The molecule has 3 aromatic rings. The predicted octanol–water partition coefficient (Wildman–Crippen LogP) is 6.94. The fraction of sp³-hybridized carbons (Fsp3) is 0.412. The average Bonchev–Trinajstić information content (AvgIpc) is 2.93. The Bertz CT molecular complexity index is 1350. The van der Waals surface area contributed by atoms with Gasteiger partial charge in [0.05, 0.1) is 12.7 Å². The number of amides is 1. The van der Waals surface area contributed by atoms with E-state index < -0.39 is 0 Å². The summed E-state index contributed by atoms with van der Waals surface area (Å²) >= 11 is 0. The van der Waals surface area contributed by atoms with E-state index in [1.54, 1.807) is 36.4 Å². The maximum atomic E-state index is 12.2. The number of rotatable bonds is 5. The van der Waals surface area contributed by atoms with Crippen molar-refractivity contribution in [2.24, 2.45) is 17.1 Å². The summed E-state index contributed by atoms with van der Waals surface area (Å²) in [6, 6.07) is 20.5. The molecule has 0 spiro atoms. The van der Waals surface area contributed by atoms with E-state index in [9.17, 15) is 14.7 Å². The third-order valence-electron chi connectivity index (χ3n) is 9.09. The highest BCUT2D eigenvalue weighted by atomic mass is 16.5. The molecule has 2 aliphatic rings. The molecule has 3 N–H and O–H groups in total. The number of hydrogen-bond donors (Lipinski definition) is 2. The van der Waals surface area contributed by atoms with Gasteiger partial charge < -0.3 is 15.6 Å². The van der Waals surface area contributed by atoms with Crippen LogP contribution in [0.5, 0.6) is 11.5 Å². The number of primary amides is 1. The van der Waals surface area contributed by atoms with Crippen molar-refractivity contribution in [3.05, 3.63) is 94.5 Å². The van der Waals surface area contributed by atoms with E-state index in [0.717, 1.165) is 25.7 Å². The van der Waals surface area contributed by atoms with Crippen molar-refractivity contribution in [1.82, 2.24) is 0 Å². The number of ether oxygens (including phenoxy) is 1. The Morgan fingerprint density at radius 2 is 1.72 bits per heavy atom. The van der Waals surface area contributed by atoms with Gasteiger partial charge in [-0.2, -0.15) is 0 Å². The number of phenolic OH excluding ortho intramolecular Hbond substituents is 1. The Hall–Kier alpha value is -3.60. The Balaban J connectivity index is 0.000000187. The summed E-state index contributed by atoms with van der Waals surface area (Å²) < 4.78 is 4.96. The van der Waals surface area contributed by atoms with Gasteiger partial charge in [0.2, 0.25) is 5.91 Å². The van der Waals surface area contributed by atoms with Crippen LogP contribution in [0.15, 0.2) is 66.7 Å². The van der Waals surface area contributed by atoms with Gasteiger partial charge in [-0.15, -0.1) is 0 Å². The van der Waals surface area contributed by atoms with Crippen molar-refractivity contribution < 1.29 is 19.4 Å². The first kappa shape index (κ1) is 28.4. The van der Waals surface area contributed by atoms with E-state index in [-0.39, 0.29) is 33.8 Å². The number of ketones is 1. The lowest BCUT2D eigenvalue weighted by Crippen LogP contribution is -2.54. The summed E-state index contributed by atoms with van der Waals surface area (Å²) in [7, 11) is 1.51. The van der Waals surface area contributed by atoms with Gasteiger partial charge in [-0.1, -0.05) is 82.6 Å². The van der Waals surface area contributed by atoms with E-state index >= 15 is 0 Å². The number of methoxy groups -OCH3 is 1. The molecule has 1 saturated carbocycles. The molecule has 0 radical (unpaired) electrons. The van der Waals surface area contributed by atoms with Gasteiger partial charge in [0.25, 0.3) is 0 Å². The number of aromatic hydroxyl groups is 1. The molecular formula is C34H41NO4. The first-order chi connectivity index (χ1) is 18.5. The molecule has 2 aliphatic carbocycles. The third-order valence-corrected chi connectivity index (χ3v) is 9.09. The van der Waals surface area contributed by atoms with Gasteiger partial charge in [0, 0.05) is 17.0 Å². The van der Waals surface area contributed by atoms with Crippen molar-refractivity contribution in [1.29, 1.82) is 0 Å². The lowest BCUT2D eigenvalue weighted by Gasteiger charge is -2.54. The fourth-order valence-electron chi connectivity index (χ4n) is 6.74. The van der Waals surface area contributed by atoms with Crippen molar-refractivity contribution in [2.45, 2.75) is 71.1 Å². The largest absolute Gasteiger partial charge is 0.507 e. The minimum Gasteiger partial charge on any atom is -0.507 e. The highest BCUT2D eigenvalue weighted by Gasteiger charge is 2.54. The van der Waals surface area contributed by atoms with E-state index in [4.69, 9.17) is 10.5 Å². The Morgan fingerprint density at radius 1 is 1.00 bits per heavy atom. The molecule has 0 heterocycles. The third kappa shape index (κ3) is 5.45. The zero-order valence-electron chi connectivity index (χ0n) is 23.8. The fourth-order valence-corrected chi connectivity index (χ4v) is 6.74. The van der Waals surface area contributed by atoms with E-state index in [1.807, 2.05) is 6.07 Å². The average molecular weight is 528 g/mol. The number of hydrogen-bond acceptors (Lipinski definition) is 4. The minimum atomic E-state index is -0.346. The quantitative estimate of drug-likeness (QED) is 0.352. The molecule has 0 bridgehead atoms. The molecule has 5 heteroatoms. The summed E-state index contributed by atoms with van der Waals surface area (Å²) in [6.45, 7) is 8.97. The van der Waals surface area contributed by atoms with Crippen LogP contribution in [0.4, 0.5) is 0 Å². The van der Waals surface area contributed by atoms with Gasteiger partial charge in [-0.3, -0.25) is 9.59 Å². The Kier molecular flexibility index (Phi) is 8.20. The normalized spacial score (nSPS) is 23.6. The Labute approximate surface area is 232 Å². The van der Waals surface area contributed by atoms with Gasteiger partial charge in [-0.25, -0.2) is 0 Å². The molecule has 3 unspecified atom stereocenters. The molecule has 5 rings (SSSR count). The maximum absolute atomic E-state index is 12.2. The predicted molar refractivity (Wildman–Crippen MR) is 155 cm³/mol. The molecule has 1 amide bonds. The molecule has 0 aliphatic heterocycles. The van der Waals surface area contributed by atoms with Crippen LogP contribution < -0.4 is 10.5 Å². The number of fused-ring (bicyclic) bond motifs is 3. The van der Waals surface area contributed by atoms with Crippen LogP contribution in [-0.2, 0) is 16.6 Å². The molecule has 3 aromatic carbocycles. The van der Waals surface area contributed by atoms with Gasteiger partial charge in [-0.05, 0) is 71.8 Å². The zero-order valence-corrected chi connectivity index (χ0v) is 23.8. The number of aryl methyl sites for hydroxylation is 1. The summed E-state index contributed by atoms with van der Waals surface area (Å²) in [6.07, 6.45) is 5.39. The molecule has 206 valence electrons. The summed E-state index contributed by atoms with van der Waals surface area (Å²) in [4.78, 5) is 24.2. The van der Waals surface area contributed by atoms with Crippen LogP contribution >= 0.6 is 0 Å². The first-order valence-corrected chi connectivity index (χ1v) is 13.9. The lowest BCUT2D eigenvalue weighted by atomic mass is 9.49. The van der Waals surface area contributed by atoms with Crippen molar-refractivity contribution >= 4 is 11.7 Å². The van der Waals surface area contributed by atoms with Crippen LogP contribution in [0.2, 0.25) is 0 Å². The molecule has 5 nitrogen and oxygen atoms in total. The molecule has 0 saturated heterocycles. The number of carbonyl (C=O) groups is 2. The SMILES string of the molecule is CC(C)c1ccc2c(c1)CCC1C(C)(C(N)=O)CCCC21C.COc1ccc(C(=O)c2ccccc2)c(O)c1. The summed E-state index contributed by atoms with van der Waals surface area (Å²) in [5.74, 6) is 1.09. The first-order valence-electron chi connectivity index (χ1n) is 13.9. The van der Waals surface area contributed by atoms with Crippen LogP contribution in [0, 0.1) is 11.3 Å². The molecule has 39 heavy (non-hydrogen) atoms. The van der Waals surface area contributed by atoms with Crippen molar-refractivity contribution in [3.8, 4) is 11.5 Å². The Morgan fingerprint density at radius 3 is 2.33 bits per heavy atom. The summed E-state index contributed by atoms with van der Waals surface area (Å²) in [5, 5.41) is 9.75. The smallest absolute Gasteiger partial charge is 0.223 e. The maximum Gasteiger partial charge on any atom is 0.223 e. The van der Waals surface area contributed by atoms with Crippen molar-refractivity contribution in [3.63, 3.8) is 0 Å². The van der Waals surface area contributed by atoms with Gasteiger partial charge in [0.1, 0.15) is 11.5 Å². The standard InChI is InChI=1S/C20H29NO.C14H12O3/c1-13(2)14-6-8-16-15(12-14)7-9-17-19(16,3)10-5-11-20(17,4)18(21)22;1-17-11-7-8-12(13(15)9-11)14(16)10-5-3-2-4-6-10/h6,8,12-13,17H,5,7,9-11H2,1-4H3,(H2,21,22);2-9,15H,1H3. The minimum absolute atomic E-state index is 0.0711. The van der Waals surface area contributed by atoms with Gasteiger partial charge in [0.15, 0.2) is 5.78 Å². The van der Waals surface area contributed by atoms with E-state index in [2.05, 4.69) is 45.9 Å². The number of benzene rings is 3. The number of phenols is 1. The molecule has 3 atom stereocenters. The van der Waals surface area contributed by atoms with E-state index in [1.165, 1.54) is 36.3 Å². The van der Waals surface area contributed by atoms with Crippen LogP contribution in [0.25, 0.3) is 0 Å². The second kappa shape index (κ2) is 11.3. The zero-order chi connectivity index (χ0) is 28.4. The van der Waals surface area contributed by atoms with Crippen LogP contribution in [-0.4, -0.2) is 23.9 Å². The molecule has 1 fully saturated rings. The highest BCUT2D eigenvalue weighted by Crippen LogP contribution is 2.57. The lowest BCUT2D eigenvalue weighted by molar-refractivity contribution is -0.135. The monoisotopic (exact) mass is 527 g/mol. The van der Waals surface area contributed by atoms with Crippen molar-refractivity contribution in [2.75, 3.05) is 7.11 Å². The van der Waals surface area contributed by atoms with Gasteiger partial charge >= 0.3 is 0 Å². The second-order valence-corrected chi connectivity index (χ2v) is 11.8. The second-order valence-electron chi connectivity index (χ2n) is 11.8. The summed E-state index contributed by atoms with van der Waals surface area (Å²) in [5.41, 5.74) is 10.8. The number of nitrogens with two attached hydrogens (primary N) is 1. The van der Waals surface area contributed by atoms with E-state index in [0.29, 0.717) is 23.1 Å². The molecule has 0 aromatic heterocycles.